The first-order valence-electron chi connectivity index (χ1n) is 4.85. The average molecular weight is 194 g/mol. The fourth-order valence-electron chi connectivity index (χ4n) is 1.64. The van der Waals surface area contributed by atoms with Gasteiger partial charge in [0.05, 0.1) is 0 Å². The molecule has 1 aliphatic heterocycles. The quantitative estimate of drug-likeness (QED) is 0.723. The molecule has 0 aromatic carbocycles. The van der Waals surface area contributed by atoms with Crippen molar-refractivity contribution in [3.63, 3.8) is 0 Å². The molecule has 14 heavy (non-hydrogen) atoms. The van der Waals surface area contributed by atoms with Gasteiger partial charge in [0, 0.05) is 6.61 Å². The highest BCUT2D eigenvalue weighted by Gasteiger charge is 2.34. The smallest absolute Gasteiger partial charge is 0.250 e. The summed E-state index contributed by atoms with van der Waals surface area (Å²) in [5, 5.41) is 3.90. The van der Waals surface area contributed by atoms with Crippen LogP contribution < -0.4 is 0 Å². The molecule has 1 aromatic heterocycles. The zero-order chi connectivity index (χ0) is 10.0. The number of rotatable bonds is 2. The van der Waals surface area contributed by atoms with Gasteiger partial charge >= 0.3 is 0 Å². The summed E-state index contributed by atoms with van der Waals surface area (Å²) in [4.78, 5) is 4.20. The lowest BCUT2D eigenvalue weighted by atomic mass is 9.95. The Morgan fingerprint density at radius 2 is 2.36 bits per heavy atom. The third-order valence-corrected chi connectivity index (χ3v) is 2.56. The van der Waals surface area contributed by atoms with E-state index in [1.807, 2.05) is 6.92 Å². The molecule has 0 N–H and O–H groups in total. The van der Waals surface area contributed by atoms with Crippen LogP contribution in [0.5, 0.6) is 0 Å². The van der Waals surface area contributed by atoms with Crippen molar-refractivity contribution in [2.75, 3.05) is 6.61 Å². The second-order valence-electron chi connectivity index (χ2n) is 3.70. The summed E-state index contributed by atoms with van der Waals surface area (Å²) < 4.78 is 10.7. The molecular weight excluding hydrogens is 180 g/mol. The maximum Gasteiger partial charge on any atom is 0.250 e. The van der Waals surface area contributed by atoms with E-state index in [2.05, 4.69) is 16.7 Å². The van der Waals surface area contributed by atoms with E-state index in [1.54, 1.807) is 6.08 Å². The van der Waals surface area contributed by atoms with Gasteiger partial charge in [-0.2, -0.15) is 4.98 Å². The Balaban J connectivity index is 2.23. The highest BCUT2D eigenvalue weighted by Crippen LogP contribution is 2.32. The van der Waals surface area contributed by atoms with E-state index >= 15 is 0 Å². The predicted octanol–water partition coefficient (Wildman–Crippen LogP) is 2.13. The molecule has 1 fully saturated rings. The molecule has 4 heteroatoms. The molecule has 1 saturated heterocycles. The molecule has 1 aliphatic rings. The van der Waals surface area contributed by atoms with Crippen LogP contribution in [0, 0.1) is 0 Å². The lowest BCUT2D eigenvalue weighted by molar-refractivity contribution is -0.0770. The largest absolute Gasteiger partial charge is 0.367 e. The number of ether oxygens (including phenoxy) is 1. The van der Waals surface area contributed by atoms with Gasteiger partial charge in [-0.05, 0) is 32.3 Å². The summed E-state index contributed by atoms with van der Waals surface area (Å²) in [6.07, 6.45) is 4.75. The number of nitrogens with zero attached hydrogens (tertiary/aromatic N) is 2. The summed E-state index contributed by atoms with van der Waals surface area (Å²) in [5.74, 6) is 1.09. The molecule has 0 radical (unpaired) electrons. The van der Waals surface area contributed by atoms with Crippen molar-refractivity contribution in [1.29, 1.82) is 0 Å². The van der Waals surface area contributed by atoms with Crippen LogP contribution in [0.15, 0.2) is 11.1 Å². The van der Waals surface area contributed by atoms with Crippen molar-refractivity contribution in [2.24, 2.45) is 0 Å². The molecule has 2 rings (SSSR count). The molecule has 1 unspecified atom stereocenters. The Labute approximate surface area is 83.0 Å². The Morgan fingerprint density at radius 3 is 2.93 bits per heavy atom. The fraction of sp³-hybridized carbons (Fsp3) is 0.600. The number of hydrogen-bond acceptors (Lipinski definition) is 4. The van der Waals surface area contributed by atoms with Crippen LogP contribution in [0.2, 0.25) is 0 Å². The second-order valence-corrected chi connectivity index (χ2v) is 3.70. The number of aromatic nitrogens is 2. The van der Waals surface area contributed by atoms with Crippen LogP contribution in [0.4, 0.5) is 0 Å². The fourth-order valence-corrected chi connectivity index (χ4v) is 1.64. The Morgan fingerprint density at radius 1 is 1.50 bits per heavy atom. The maximum atomic E-state index is 5.69. The van der Waals surface area contributed by atoms with Crippen molar-refractivity contribution >= 4 is 6.08 Å². The highest BCUT2D eigenvalue weighted by molar-refractivity contribution is 5.33. The van der Waals surface area contributed by atoms with Crippen molar-refractivity contribution in [3.05, 3.63) is 18.3 Å². The van der Waals surface area contributed by atoms with Gasteiger partial charge in [0.15, 0.2) is 0 Å². The second kappa shape index (κ2) is 3.53. The minimum atomic E-state index is -0.372. The highest BCUT2D eigenvalue weighted by atomic mass is 16.5. The zero-order valence-corrected chi connectivity index (χ0v) is 8.32. The van der Waals surface area contributed by atoms with Gasteiger partial charge in [0.25, 0.3) is 0 Å². The molecule has 2 heterocycles. The third-order valence-electron chi connectivity index (χ3n) is 2.56. The molecule has 1 atom stereocenters. The first kappa shape index (κ1) is 9.40. The van der Waals surface area contributed by atoms with Crippen LogP contribution >= 0.6 is 0 Å². The lowest BCUT2D eigenvalue weighted by Gasteiger charge is -2.30. The topological polar surface area (TPSA) is 48.2 Å². The van der Waals surface area contributed by atoms with Crippen molar-refractivity contribution in [3.8, 4) is 0 Å². The Hall–Kier alpha value is -1.16. The minimum Gasteiger partial charge on any atom is -0.367 e. The molecule has 0 bridgehead atoms. The van der Waals surface area contributed by atoms with Crippen molar-refractivity contribution in [2.45, 2.75) is 31.8 Å². The zero-order valence-electron chi connectivity index (χ0n) is 8.32. The standard InChI is InChI=1S/C10H14N2O2/c1-3-8-11-9(12-14-8)10(2)6-4-5-7-13-10/h3H,1,4-7H2,2H3. The van der Waals surface area contributed by atoms with Gasteiger partial charge in [0.1, 0.15) is 5.60 Å². The maximum absolute atomic E-state index is 5.69. The van der Waals surface area contributed by atoms with Crippen LogP contribution in [0.3, 0.4) is 0 Å². The van der Waals surface area contributed by atoms with Gasteiger partial charge < -0.3 is 9.26 Å². The Bertz CT molecular complexity index is 327. The molecule has 0 saturated carbocycles. The van der Waals surface area contributed by atoms with E-state index in [-0.39, 0.29) is 5.60 Å². The van der Waals surface area contributed by atoms with Crippen LogP contribution in [-0.2, 0) is 10.3 Å². The van der Waals surface area contributed by atoms with E-state index in [0.29, 0.717) is 11.7 Å². The Kier molecular flexibility index (Phi) is 2.37. The minimum absolute atomic E-state index is 0.372. The molecule has 0 spiro atoms. The summed E-state index contributed by atoms with van der Waals surface area (Å²) >= 11 is 0. The monoisotopic (exact) mass is 194 g/mol. The average Bonchev–Trinajstić information content (AvgIpc) is 2.67. The summed E-state index contributed by atoms with van der Waals surface area (Å²) in [6.45, 7) is 6.35. The van der Waals surface area contributed by atoms with E-state index < -0.39 is 0 Å². The summed E-state index contributed by atoms with van der Waals surface area (Å²) in [7, 11) is 0. The first-order chi connectivity index (χ1) is 6.74. The molecule has 76 valence electrons. The van der Waals surface area contributed by atoms with Crippen LogP contribution in [-0.4, -0.2) is 16.7 Å². The van der Waals surface area contributed by atoms with Gasteiger partial charge in [0.2, 0.25) is 11.7 Å². The van der Waals surface area contributed by atoms with E-state index in [9.17, 15) is 0 Å². The van der Waals surface area contributed by atoms with Gasteiger partial charge in [-0.25, -0.2) is 0 Å². The molecule has 0 aliphatic carbocycles. The van der Waals surface area contributed by atoms with E-state index in [0.717, 1.165) is 25.9 Å². The normalized spacial score (nSPS) is 27.5. The summed E-state index contributed by atoms with van der Waals surface area (Å²) in [6, 6.07) is 0. The van der Waals surface area contributed by atoms with Gasteiger partial charge in [-0.15, -0.1) is 0 Å². The molecule has 4 nitrogen and oxygen atoms in total. The van der Waals surface area contributed by atoms with Crippen molar-refractivity contribution < 1.29 is 9.26 Å². The lowest BCUT2D eigenvalue weighted by Crippen LogP contribution is -2.31. The molecule has 1 aromatic rings. The van der Waals surface area contributed by atoms with Crippen molar-refractivity contribution in [1.82, 2.24) is 10.1 Å². The SMILES string of the molecule is C=Cc1nc(C2(C)CCCCO2)no1. The predicted molar refractivity (Wildman–Crippen MR) is 51.5 cm³/mol. The van der Waals surface area contributed by atoms with E-state index in [4.69, 9.17) is 9.26 Å². The third kappa shape index (κ3) is 1.57. The van der Waals surface area contributed by atoms with E-state index in [1.165, 1.54) is 0 Å². The van der Waals surface area contributed by atoms with Crippen LogP contribution in [0.25, 0.3) is 6.08 Å². The molecule has 0 amide bonds. The summed E-state index contributed by atoms with van der Waals surface area (Å²) in [5.41, 5.74) is -0.372. The molecular formula is C10H14N2O2. The first-order valence-corrected chi connectivity index (χ1v) is 4.85. The van der Waals surface area contributed by atoms with Gasteiger partial charge in [-0.1, -0.05) is 11.7 Å². The number of hydrogen-bond donors (Lipinski definition) is 0. The van der Waals surface area contributed by atoms with Gasteiger partial charge in [-0.3, -0.25) is 0 Å². The van der Waals surface area contributed by atoms with Crippen LogP contribution in [0.1, 0.15) is 37.9 Å².